The van der Waals surface area contributed by atoms with Crippen LogP contribution in [0.15, 0.2) is 30.3 Å². The fourth-order valence-electron chi connectivity index (χ4n) is 2.84. The zero-order valence-corrected chi connectivity index (χ0v) is 9.65. The summed E-state index contributed by atoms with van der Waals surface area (Å²) in [6, 6.07) is 9.71. The van der Waals surface area contributed by atoms with E-state index in [0.29, 0.717) is 0 Å². The standard InChI is InChI=1S/C14H18O2/c1-11(15)14(10-6-5-9-13(14)16)12-7-3-2-4-8-12/h2-4,7-8,13,16H,5-6,9-10H2,1H3. The number of aliphatic hydroxyl groups is 1. The molecule has 1 fully saturated rings. The molecular formula is C14H18O2. The second-order valence-corrected chi connectivity index (χ2v) is 4.66. The smallest absolute Gasteiger partial charge is 0.142 e. The fourth-order valence-corrected chi connectivity index (χ4v) is 2.84. The number of hydrogen-bond acceptors (Lipinski definition) is 2. The summed E-state index contributed by atoms with van der Waals surface area (Å²) in [6.07, 6.45) is 3.01. The molecule has 0 heterocycles. The van der Waals surface area contributed by atoms with Crippen LogP contribution in [0.25, 0.3) is 0 Å². The van der Waals surface area contributed by atoms with E-state index >= 15 is 0 Å². The first-order chi connectivity index (χ1) is 7.68. The number of aliphatic hydroxyl groups excluding tert-OH is 1. The van der Waals surface area contributed by atoms with Crippen molar-refractivity contribution in [1.82, 2.24) is 0 Å². The number of carbonyl (C=O) groups is 1. The van der Waals surface area contributed by atoms with Gasteiger partial charge in [-0.05, 0) is 25.3 Å². The Morgan fingerprint density at radius 2 is 2.00 bits per heavy atom. The molecule has 1 saturated carbocycles. The number of ketones is 1. The average molecular weight is 218 g/mol. The predicted octanol–water partition coefficient (Wildman–Crippen LogP) is 2.45. The maximum Gasteiger partial charge on any atom is 0.142 e. The molecule has 1 aromatic rings. The highest BCUT2D eigenvalue weighted by atomic mass is 16.3. The topological polar surface area (TPSA) is 37.3 Å². The van der Waals surface area contributed by atoms with Gasteiger partial charge in [0.05, 0.1) is 11.5 Å². The van der Waals surface area contributed by atoms with Crippen molar-refractivity contribution in [3.63, 3.8) is 0 Å². The minimum absolute atomic E-state index is 0.0888. The molecule has 0 bridgehead atoms. The summed E-state index contributed by atoms with van der Waals surface area (Å²) in [7, 11) is 0. The molecule has 16 heavy (non-hydrogen) atoms. The Morgan fingerprint density at radius 1 is 1.31 bits per heavy atom. The zero-order chi connectivity index (χ0) is 11.6. The van der Waals surface area contributed by atoms with Crippen LogP contribution >= 0.6 is 0 Å². The van der Waals surface area contributed by atoms with Crippen LogP contribution in [0.2, 0.25) is 0 Å². The van der Waals surface area contributed by atoms with Crippen molar-refractivity contribution >= 4 is 5.78 Å². The van der Waals surface area contributed by atoms with Crippen LogP contribution in [-0.2, 0) is 10.2 Å². The van der Waals surface area contributed by atoms with Crippen LogP contribution in [-0.4, -0.2) is 17.0 Å². The third-order valence-electron chi connectivity index (χ3n) is 3.78. The number of carbonyl (C=O) groups excluding carboxylic acids is 1. The second kappa shape index (κ2) is 4.38. The van der Waals surface area contributed by atoms with Gasteiger partial charge in [-0.3, -0.25) is 4.79 Å². The van der Waals surface area contributed by atoms with Crippen LogP contribution < -0.4 is 0 Å². The second-order valence-electron chi connectivity index (χ2n) is 4.66. The van der Waals surface area contributed by atoms with Crippen molar-refractivity contribution < 1.29 is 9.90 Å². The normalized spacial score (nSPS) is 30.0. The van der Waals surface area contributed by atoms with E-state index in [9.17, 15) is 9.90 Å². The molecular weight excluding hydrogens is 200 g/mol. The Hall–Kier alpha value is -1.15. The number of Topliss-reactive ketones (excluding diaryl/α,β-unsaturated/α-hetero) is 1. The molecule has 1 aliphatic carbocycles. The summed E-state index contributed by atoms with van der Waals surface area (Å²) in [4.78, 5) is 12.0. The van der Waals surface area contributed by atoms with E-state index in [4.69, 9.17) is 0 Å². The minimum atomic E-state index is -0.653. The Bertz CT molecular complexity index is 372. The van der Waals surface area contributed by atoms with Gasteiger partial charge in [-0.25, -0.2) is 0 Å². The summed E-state index contributed by atoms with van der Waals surface area (Å²) in [6.45, 7) is 1.60. The molecule has 0 radical (unpaired) electrons. The monoisotopic (exact) mass is 218 g/mol. The Kier molecular flexibility index (Phi) is 3.10. The van der Waals surface area contributed by atoms with Crippen molar-refractivity contribution in [3.8, 4) is 0 Å². The highest BCUT2D eigenvalue weighted by Gasteiger charge is 2.45. The first-order valence-electron chi connectivity index (χ1n) is 5.92. The van der Waals surface area contributed by atoms with Crippen molar-refractivity contribution in [2.75, 3.05) is 0 Å². The summed E-state index contributed by atoms with van der Waals surface area (Å²) in [5, 5.41) is 10.2. The van der Waals surface area contributed by atoms with Gasteiger partial charge in [0.1, 0.15) is 5.78 Å². The van der Waals surface area contributed by atoms with Gasteiger partial charge in [0.15, 0.2) is 0 Å². The molecule has 1 aliphatic rings. The van der Waals surface area contributed by atoms with Gasteiger partial charge in [0.2, 0.25) is 0 Å². The SMILES string of the molecule is CC(=O)C1(c2ccccc2)CCCCC1O. The van der Waals surface area contributed by atoms with Crippen LogP contribution in [0.3, 0.4) is 0 Å². The molecule has 2 atom stereocenters. The van der Waals surface area contributed by atoms with E-state index in [1.54, 1.807) is 6.92 Å². The number of benzene rings is 1. The predicted molar refractivity (Wildman–Crippen MR) is 63.3 cm³/mol. The van der Waals surface area contributed by atoms with Gasteiger partial charge in [0.25, 0.3) is 0 Å². The molecule has 2 heteroatoms. The Morgan fingerprint density at radius 3 is 2.56 bits per heavy atom. The van der Waals surface area contributed by atoms with E-state index in [-0.39, 0.29) is 5.78 Å². The lowest BCUT2D eigenvalue weighted by Gasteiger charge is -2.40. The fraction of sp³-hybridized carbons (Fsp3) is 0.500. The molecule has 0 amide bonds. The van der Waals surface area contributed by atoms with Gasteiger partial charge in [-0.2, -0.15) is 0 Å². The van der Waals surface area contributed by atoms with Crippen molar-refractivity contribution in [2.24, 2.45) is 0 Å². The van der Waals surface area contributed by atoms with E-state index < -0.39 is 11.5 Å². The van der Waals surface area contributed by atoms with Crippen molar-refractivity contribution in [1.29, 1.82) is 0 Å². The van der Waals surface area contributed by atoms with Gasteiger partial charge in [0, 0.05) is 0 Å². The lowest BCUT2D eigenvalue weighted by atomic mass is 9.65. The zero-order valence-electron chi connectivity index (χ0n) is 9.65. The summed E-state index contributed by atoms with van der Waals surface area (Å²) in [5.74, 6) is 0.0888. The number of rotatable bonds is 2. The molecule has 0 aliphatic heterocycles. The van der Waals surface area contributed by atoms with Crippen molar-refractivity contribution in [3.05, 3.63) is 35.9 Å². The Balaban J connectivity index is 2.46. The maximum atomic E-state index is 12.0. The van der Waals surface area contributed by atoms with Gasteiger partial charge >= 0.3 is 0 Å². The van der Waals surface area contributed by atoms with Crippen molar-refractivity contribution in [2.45, 2.75) is 44.1 Å². The van der Waals surface area contributed by atoms with E-state index in [1.807, 2.05) is 30.3 Å². The Labute approximate surface area is 96.3 Å². The first kappa shape index (κ1) is 11.3. The highest BCUT2D eigenvalue weighted by molar-refractivity contribution is 5.89. The van der Waals surface area contributed by atoms with Gasteiger partial charge in [-0.1, -0.05) is 43.2 Å². The minimum Gasteiger partial charge on any atom is -0.392 e. The van der Waals surface area contributed by atoms with Crippen LogP contribution in [0.1, 0.15) is 38.2 Å². The largest absolute Gasteiger partial charge is 0.392 e. The summed E-state index contributed by atoms with van der Waals surface area (Å²) < 4.78 is 0. The molecule has 86 valence electrons. The molecule has 1 N–H and O–H groups in total. The van der Waals surface area contributed by atoms with E-state index in [1.165, 1.54) is 0 Å². The molecule has 2 rings (SSSR count). The molecule has 1 aromatic carbocycles. The molecule has 0 aromatic heterocycles. The summed E-state index contributed by atoms with van der Waals surface area (Å²) in [5.41, 5.74) is 0.314. The lowest BCUT2D eigenvalue weighted by molar-refractivity contribution is -0.128. The maximum absolute atomic E-state index is 12.0. The van der Waals surface area contributed by atoms with Crippen LogP contribution in [0.5, 0.6) is 0 Å². The highest BCUT2D eigenvalue weighted by Crippen LogP contribution is 2.40. The molecule has 0 spiro atoms. The lowest BCUT2D eigenvalue weighted by Crippen LogP contribution is -2.47. The molecule has 0 saturated heterocycles. The van der Waals surface area contributed by atoms with Crippen LogP contribution in [0, 0.1) is 0 Å². The van der Waals surface area contributed by atoms with Crippen LogP contribution in [0.4, 0.5) is 0 Å². The quantitative estimate of drug-likeness (QED) is 0.828. The molecule has 2 unspecified atom stereocenters. The van der Waals surface area contributed by atoms with Gasteiger partial charge < -0.3 is 5.11 Å². The third-order valence-corrected chi connectivity index (χ3v) is 3.78. The first-order valence-corrected chi connectivity index (χ1v) is 5.92. The third kappa shape index (κ3) is 1.67. The summed E-state index contributed by atoms with van der Waals surface area (Å²) >= 11 is 0. The van der Waals surface area contributed by atoms with Gasteiger partial charge in [-0.15, -0.1) is 0 Å². The van der Waals surface area contributed by atoms with E-state index in [0.717, 1.165) is 31.2 Å². The average Bonchev–Trinajstić information content (AvgIpc) is 2.30. The molecule has 2 nitrogen and oxygen atoms in total. The number of hydrogen-bond donors (Lipinski definition) is 1. The van der Waals surface area contributed by atoms with E-state index in [2.05, 4.69) is 0 Å².